The molecule has 2 aliphatic heterocycles. The van der Waals surface area contributed by atoms with Gasteiger partial charge in [-0.2, -0.15) is 0 Å². The fraction of sp³-hybridized carbons (Fsp3) is 0.571. The van der Waals surface area contributed by atoms with Crippen molar-refractivity contribution in [3.63, 3.8) is 0 Å². The summed E-state index contributed by atoms with van der Waals surface area (Å²) in [6.45, 7) is 2.81. The number of carbonyl (C=O) groups excluding carboxylic acids is 2. The first-order chi connectivity index (χ1) is 14.0. The van der Waals surface area contributed by atoms with Gasteiger partial charge in [-0.15, -0.1) is 0 Å². The van der Waals surface area contributed by atoms with Gasteiger partial charge in [-0.1, -0.05) is 12.1 Å². The van der Waals surface area contributed by atoms with Gasteiger partial charge in [0.2, 0.25) is 11.8 Å². The number of nitrogens with one attached hydrogen (secondary N) is 1. The van der Waals surface area contributed by atoms with Crippen LogP contribution in [0, 0.1) is 0 Å². The van der Waals surface area contributed by atoms with Gasteiger partial charge in [0.1, 0.15) is 0 Å². The van der Waals surface area contributed by atoms with Crippen LogP contribution in [-0.4, -0.2) is 83.1 Å². The minimum absolute atomic E-state index is 0.0629. The van der Waals surface area contributed by atoms with Crippen LogP contribution < -0.4 is 5.32 Å². The van der Waals surface area contributed by atoms with Gasteiger partial charge in [-0.3, -0.25) is 14.5 Å². The number of aromatic nitrogens is 2. The lowest BCUT2D eigenvalue weighted by Gasteiger charge is -2.35. The third kappa shape index (κ3) is 4.59. The molecule has 0 bridgehead atoms. The number of amides is 2. The Morgan fingerprint density at radius 1 is 1.28 bits per heavy atom. The summed E-state index contributed by atoms with van der Waals surface area (Å²) in [5.41, 5.74) is 2.00. The number of fused-ring (bicyclic) bond motifs is 2. The van der Waals surface area contributed by atoms with Gasteiger partial charge in [-0.25, -0.2) is 4.98 Å². The molecule has 2 amide bonds. The van der Waals surface area contributed by atoms with Gasteiger partial charge in [0.15, 0.2) is 0 Å². The van der Waals surface area contributed by atoms with Gasteiger partial charge < -0.3 is 19.5 Å². The number of hydrogen-bond acceptors (Lipinski definition) is 5. The van der Waals surface area contributed by atoms with Crippen molar-refractivity contribution < 1.29 is 14.3 Å². The van der Waals surface area contributed by atoms with Crippen LogP contribution in [0.15, 0.2) is 30.6 Å². The van der Waals surface area contributed by atoms with Gasteiger partial charge >= 0.3 is 0 Å². The van der Waals surface area contributed by atoms with Crippen molar-refractivity contribution in [3.05, 3.63) is 30.6 Å². The first kappa shape index (κ1) is 19.8. The summed E-state index contributed by atoms with van der Waals surface area (Å²) in [5, 5.41) is 3.17. The maximum atomic E-state index is 12.5. The average molecular weight is 399 g/mol. The Morgan fingerprint density at radius 3 is 2.93 bits per heavy atom. The zero-order valence-corrected chi connectivity index (χ0v) is 17.1. The summed E-state index contributed by atoms with van der Waals surface area (Å²) in [7, 11) is 3.53. The fourth-order valence-corrected chi connectivity index (χ4v) is 4.26. The number of rotatable bonds is 6. The second kappa shape index (κ2) is 8.51. The molecule has 0 radical (unpaired) electrons. The molecule has 4 rings (SSSR count). The first-order valence-electron chi connectivity index (χ1n) is 10.2. The SMILES string of the molecule is CN(C)C(=O)C[C@H]1CN2C[C@@H](NC(=O)CCn3cnc4ccccc43)C[C@H]2CO1. The molecular weight excluding hydrogens is 370 g/mol. The molecule has 2 aliphatic rings. The maximum Gasteiger partial charge on any atom is 0.224 e. The first-order valence-corrected chi connectivity index (χ1v) is 10.2. The van der Waals surface area contributed by atoms with Crippen LogP contribution in [0.2, 0.25) is 0 Å². The summed E-state index contributed by atoms with van der Waals surface area (Å²) in [6, 6.07) is 8.40. The number of morpholine rings is 1. The van der Waals surface area contributed by atoms with Gasteiger partial charge in [-0.05, 0) is 18.6 Å². The van der Waals surface area contributed by atoms with Crippen LogP contribution in [0.25, 0.3) is 11.0 Å². The van der Waals surface area contributed by atoms with Gasteiger partial charge in [0.25, 0.3) is 0 Å². The topological polar surface area (TPSA) is 79.7 Å². The molecule has 2 aromatic rings. The lowest BCUT2D eigenvalue weighted by atomic mass is 10.1. The quantitative estimate of drug-likeness (QED) is 0.780. The van der Waals surface area contributed by atoms with Gasteiger partial charge in [0.05, 0.1) is 36.5 Å². The van der Waals surface area contributed by atoms with Crippen LogP contribution >= 0.6 is 0 Å². The maximum absolute atomic E-state index is 12.5. The second-order valence-electron chi connectivity index (χ2n) is 8.23. The zero-order valence-electron chi connectivity index (χ0n) is 17.1. The Kier molecular flexibility index (Phi) is 5.82. The van der Waals surface area contributed by atoms with Crippen molar-refractivity contribution in [1.82, 2.24) is 24.7 Å². The molecule has 1 aromatic heterocycles. The lowest BCUT2D eigenvalue weighted by molar-refractivity contribution is -0.134. The molecule has 0 spiro atoms. The van der Waals surface area contributed by atoms with E-state index in [1.165, 1.54) is 0 Å². The van der Waals surface area contributed by atoms with E-state index in [2.05, 4.69) is 15.2 Å². The third-order valence-electron chi connectivity index (χ3n) is 5.86. The Labute approximate surface area is 170 Å². The van der Waals surface area contributed by atoms with Crippen molar-refractivity contribution in [2.24, 2.45) is 0 Å². The van der Waals surface area contributed by atoms with E-state index in [0.717, 1.165) is 30.5 Å². The monoisotopic (exact) mass is 399 g/mol. The molecule has 3 heterocycles. The summed E-state index contributed by atoms with van der Waals surface area (Å²) in [6.07, 6.45) is 3.46. The van der Waals surface area contributed by atoms with Crippen molar-refractivity contribution >= 4 is 22.8 Å². The van der Waals surface area contributed by atoms with Crippen LogP contribution in [0.1, 0.15) is 19.3 Å². The zero-order chi connectivity index (χ0) is 20.4. The number of carbonyl (C=O) groups is 2. The van der Waals surface area contributed by atoms with E-state index in [1.807, 2.05) is 28.8 Å². The molecule has 8 heteroatoms. The van der Waals surface area contributed by atoms with E-state index in [1.54, 1.807) is 25.3 Å². The van der Waals surface area contributed by atoms with Crippen LogP contribution in [0.4, 0.5) is 0 Å². The van der Waals surface area contributed by atoms with Crippen molar-refractivity contribution in [2.45, 2.75) is 44.0 Å². The Morgan fingerprint density at radius 2 is 2.10 bits per heavy atom. The summed E-state index contributed by atoms with van der Waals surface area (Å²) >= 11 is 0. The van der Waals surface area contributed by atoms with Crippen LogP contribution in [0.5, 0.6) is 0 Å². The smallest absolute Gasteiger partial charge is 0.224 e. The largest absolute Gasteiger partial charge is 0.375 e. The highest BCUT2D eigenvalue weighted by Crippen LogP contribution is 2.24. The molecule has 0 aliphatic carbocycles. The van der Waals surface area contributed by atoms with E-state index in [0.29, 0.717) is 32.0 Å². The van der Waals surface area contributed by atoms with Crippen LogP contribution in [-0.2, 0) is 20.9 Å². The third-order valence-corrected chi connectivity index (χ3v) is 5.86. The molecule has 156 valence electrons. The van der Waals surface area contributed by atoms with E-state index in [9.17, 15) is 9.59 Å². The predicted octanol–water partition coefficient (Wildman–Crippen LogP) is 0.863. The normalized spacial score (nSPS) is 24.4. The minimum atomic E-state index is -0.0647. The van der Waals surface area contributed by atoms with Crippen molar-refractivity contribution in [2.75, 3.05) is 33.8 Å². The highest BCUT2D eigenvalue weighted by molar-refractivity contribution is 5.78. The number of para-hydroxylation sites is 2. The number of aryl methyl sites for hydroxylation is 1. The highest BCUT2D eigenvalue weighted by Gasteiger charge is 2.38. The Bertz CT molecular complexity index is 880. The fourth-order valence-electron chi connectivity index (χ4n) is 4.26. The molecule has 0 saturated carbocycles. The molecule has 1 N–H and O–H groups in total. The standard InChI is InChI=1S/C21H29N5O3/c1-24(2)21(28)10-17-12-26-11-15(9-16(26)13-29-17)23-20(27)7-8-25-14-22-18-5-3-4-6-19(18)25/h3-6,14-17H,7-13H2,1-2H3,(H,23,27)/t15-,16-,17-/m0/s1. The van der Waals surface area contributed by atoms with Crippen LogP contribution in [0.3, 0.4) is 0 Å². The molecule has 2 fully saturated rings. The summed E-state index contributed by atoms with van der Waals surface area (Å²) < 4.78 is 7.91. The van der Waals surface area contributed by atoms with Crippen molar-refractivity contribution in [3.8, 4) is 0 Å². The van der Waals surface area contributed by atoms with E-state index in [4.69, 9.17) is 4.74 Å². The Hall–Kier alpha value is -2.45. The van der Waals surface area contributed by atoms with E-state index in [-0.39, 0.29) is 24.0 Å². The summed E-state index contributed by atoms with van der Waals surface area (Å²) in [4.78, 5) is 32.7. The molecule has 1 aromatic carbocycles. The summed E-state index contributed by atoms with van der Waals surface area (Å²) in [5.74, 6) is 0.150. The van der Waals surface area contributed by atoms with E-state index < -0.39 is 0 Å². The van der Waals surface area contributed by atoms with E-state index >= 15 is 0 Å². The molecular formula is C21H29N5O3. The average Bonchev–Trinajstić information content (AvgIpc) is 3.29. The predicted molar refractivity (Wildman–Crippen MR) is 109 cm³/mol. The molecule has 2 saturated heterocycles. The lowest BCUT2D eigenvalue weighted by Crippen LogP contribution is -2.47. The number of ether oxygens (including phenoxy) is 1. The van der Waals surface area contributed by atoms with Crippen molar-refractivity contribution in [1.29, 1.82) is 0 Å². The molecule has 29 heavy (non-hydrogen) atoms. The number of nitrogens with zero attached hydrogens (tertiary/aromatic N) is 4. The minimum Gasteiger partial charge on any atom is -0.375 e. The Balaban J connectivity index is 1.24. The number of imidazole rings is 1. The highest BCUT2D eigenvalue weighted by atomic mass is 16.5. The molecule has 8 nitrogen and oxygen atoms in total. The second-order valence-corrected chi connectivity index (χ2v) is 8.23. The van der Waals surface area contributed by atoms with Gasteiger partial charge in [0, 0.05) is 52.2 Å². The number of benzene rings is 1. The number of hydrogen-bond donors (Lipinski definition) is 1. The molecule has 3 atom stereocenters. The molecule has 0 unspecified atom stereocenters.